The molecule has 3 nitrogen and oxygen atoms in total. The summed E-state index contributed by atoms with van der Waals surface area (Å²) in [6.07, 6.45) is 12.0. The van der Waals surface area contributed by atoms with Crippen molar-refractivity contribution in [2.45, 2.75) is 57.3 Å². The molecule has 2 aliphatic rings. The summed E-state index contributed by atoms with van der Waals surface area (Å²) in [5, 5.41) is 2.52. The Morgan fingerprint density at radius 1 is 1.20 bits per heavy atom. The number of benzene rings is 1. The first-order chi connectivity index (χ1) is 12.1. The predicted molar refractivity (Wildman–Crippen MR) is 101 cm³/mol. The van der Waals surface area contributed by atoms with E-state index in [9.17, 15) is 4.79 Å². The minimum absolute atomic E-state index is 0.182. The summed E-state index contributed by atoms with van der Waals surface area (Å²) in [7, 11) is 0. The van der Waals surface area contributed by atoms with Gasteiger partial charge in [-0.05, 0) is 43.4 Å². The van der Waals surface area contributed by atoms with Crippen LogP contribution in [0.5, 0.6) is 0 Å². The fourth-order valence-electron chi connectivity index (χ4n) is 4.24. The predicted octanol–water partition coefficient (Wildman–Crippen LogP) is 5.29. The van der Waals surface area contributed by atoms with Crippen molar-refractivity contribution in [1.29, 1.82) is 0 Å². The Bertz CT molecular complexity index is 607. The second kappa shape index (κ2) is 8.37. The molecule has 0 saturated heterocycles. The summed E-state index contributed by atoms with van der Waals surface area (Å²) in [5.74, 6) is 0.929. The van der Waals surface area contributed by atoms with Crippen molar-refractivity contribution in [3.05, 3.63) is 47.1 Å². The van der Waals surface area contributed by atoms with Gasteiger partial charge in [-0.3, -0.25) is 14.7 Å². The van der Waals surface area contributed by atoms with E-state index >= 15 is 0 Å². The van der Waals surface area contributed by atoms with Crippen molar-refractivity contribution in [3.63, 3.8) is 0 Å². The first kappa shape index (κ1) is 18.5. The lowest BCUT2D eigenvalue weighted by atomic mass is 9.69. The Kier molecular flexibility index (Phi) is 6.19. The van der Waals surface area contributed by atoms with Crippen molar-refractivity contribution in [2.24, 2.45) is 5.92 Å². The molecule has 1 aliphatic heterocycles. The van der Waals surface area contributed by atoms with Crippen molar-refractivity contribution in [3.8, 4) is 0 Å². The van der Waals surface area contributed by atoms with Crippen molar-refractivity contribution in [1.82, 2.24) is 5.06 Å². The van der Waals surface area contributed by atoms with E-state index in [1.807, 2.05) is 36.3 Å². The molecular weight excluding hydrogens is 334 g/mol. The van der Waals surface area contributed by atoms with Gasteiger partial charge in [-0.1, -0.05) is 55.8 Å². The van der Waals surface area contributed by atoms with Crippen LogP contribution in [0.2, 0.25) is 5.02 Å². The van der Waals surface area contributed by atoms with Crippen LogP contribution in [-0.2, 0) is 15.0 Å². The Hall–Kier alpha value is -1.32. The van der Waals surface area contributed by atoms with Gasteiger partial charge in [0.1, 0.15) is 0 Å². The van der Waals surface area contributed by atoms with Crippen LogP contribution in [0.3, 0.4) is 0 Å². The third-order valence-corrected chi connectivity index (χ3v) is 5.94. The molecule has 1 heterocycles. The molecule has 0 amide bonds. The number of nitrogens with zero attached hydrogens (tertiary/aromatic N) is 1. The lowest BCUT2D eigenvalue weighted by Crippen LogP contribution is -2.47. The van der Waals surface area contributed by atoms with E-state index in [-0.39, 0.29) is 5.78 Å². The average Bonchev–Trinajstić information content (AvgIpc) is 2.64. The maximum absolute atomic E-state index is 13.0. The molecule has 0 bridgehead atoms. The summed E-state index contributed by atoms with van der Waals surface area (Å²) >= 11 is 6.08. The summed E-state index contributed by atoms with van der Waals surface area (Å²) in [6.45, 7) is 3.14. The minimum atomic E-state index is -0.536. The highest BCUT2D eigenvalue weighted by Gasteiger charge is 2.42. The number of carbonyl (C=O) groups excluding carboxylic acids is 1. The van der Waals surface area contributed by atoms with Gasteiger partial charge in [0.15, 0.2) is 5.78 Å². The Balaban J connectivity index is 1.85. The van der Waals surface area contributed by atoms with Gasteiger partial charge in [0.05, 0.1) is 18.6 Å². The second-order valence-corrected chi connectivity index (χ2v) is 7.74. The molecule has 1 aromatic rings. The quantitative estimate of drug-likeness (QED) is 0.689. The van der Waals surface area contributed by atoms with Crippen LogP contribution in [0.4, 0.5) is 0 Å². The smallest absolute Gasteiger partial charge is 0.169 e. The van der Waals surface area contributed by atoms with Gasteiger partial charge in [0.25, 0.3) is 0 Å². The van der Waals surface area contributed by atoms with Gasteiger partial charge < -0.3 is 0 Å². The first-order valence-corrected chi connectivity index (χ1v) is 9.90. The highest BCUT2D eigenvalue weighted by Crippen LogP contribution is 2.39. The zero-order valence-electron chi connectivity index (χ0n) is 15.0. The number of hydroxylamine groups is 2. The van der Waals surface area contributed by atoms with Gasteiger partial charge in [0, 0.05) is 17.3 Å². The fourth-order valence-corrected chi connectivity index (χ4v) is 4.36. The Labute approximate surface area is 155 Å². The van der Waals surface area contributed by atoms with E-state index in [2.05, 4.69) is 0 Å². The fraction of sp³-hybridized carbons (Fsp3) is 0.571. The van der Waals surface area contributed by atoms with E-state index in [1.165, 1.54) is 32.1 Å². The number of carbonyl (C=O) groups is 1. The van der Waals surface area contributed by atoms with Crippen molar-refractivity contribution in [2.75, 3.05) is 13.2 Å². The summed E-state index contributed by atoms with van der Waals surface area (Å²) in [6, 6.07) is 7.78. The normalized spacial score (nSPS) is 24.7. The van der Waals surface area contributed by atoms with Gasteiger partial charge >= 0.3 is 0 Å². The third-order valence-electron chi connectivity index (χ3n) is 5.69. The summed E-state index contributed by atoms with van der Waals surface area (Å²) < 4.78 is 0. The minimum Gasteiger partial charge on any atom is -0.294 e. The lowest BCUT2D eigenvalue weighted by Gasteiger charge is -2.40. The maximum atomic E-state index is 13.0. The molecule has 0 aromatic heterocycles. The highest BCUT2D eigenvalue weighted by atomic mass is 35.5. The van der Waals surface area contributed by atoms with Crippen molar-refractivity contribution < 1.29 is 9.63 Å². The molecule has 136 valence electrons. The van der Waals surface area contributed by atoms with Crippen LogP contribution in [0.25, 0.3) is 0 Å². The molecule has 25 heavy (non-hydrogen) atoms. The monoisotopic (exact) mass is 361 g/mol. The molecule has 1 unspecified atom stereocenters. The number of hydrogen-bond acceptors (Lipinski definition) is 3. The van der Waals surface area contributed by atoms with E-state index in [1.54, 1.807) is 12.3 Å². The standard InChI is InChI=1S/C21H28ClNO2/c1-2-25-23-15-13-20(24)21(16-23,18-8-10-19(22)11-9-18)14-12-17-6-4-3-5-7-17/h8-11,13,15,17H,2-7,12,14,16H2,1H3. The van der Waals surface area contributed by atoms with Crippen LogP contribution in [0.15, 0.2) is 36.5 Å². The largest absolute Gasteiger partial charge is 0.294 e. The van der Waals surface area contributed by atoms with Gasteiger partial charge in [-0.25, -0.2) is 0 Å². The van der Waals surface area contributed by atoms with E-state index in [0.717, 1.165) is 24.3 Å². The molecule has 0 spiro atoms. The molecule has 1 saturated carbocycles. The number of rotatable bonds is 6. The van der Waals surface area contributed by atoms with Gasteiger partial charge in [-0.15, -0.1) is 0 Å². The maximum Gasteiger partial charge on any atom is 0.169 e. The molecule has 1 aromatic carbocycles. The molecule has 1 aliphatic carbocycles. The molecule has 0 N–H and O–H groups in total. The Morgan fingerprint density at radius 3 is 2.60 bits per heavy atom. The van der Waals surface area contributed by atoms with E-state index < -0.39 is 5.41 Å². The van der Waals surface area contributed by atoms with Gasteiger partial charge in [-0.2, -0.15) is 0 Å². The van der Waals surface area contributed by atoms with Crippen LogP contribution in [0.1, 0.15) is 57.4 Å². The number of halogens is 1. The van der Waals surface area contributed by atoms with E-state index in [0.29, 0.717) is 18.2 Å². The number of ketones is 1. The van der Waals surface area contributed by atoms with Crippen molar-refractivity contribution >= 4 is 17.4 Å². The highest BCUT2D eigenvalue weighted by molar-refractivity contribution is 6.30. The molecule has 1 fully saturated rings. The molecule has 1 atom stereocenters. The molecule has 3 rings (SSSR count). The van der Waals surface area contributed by atoms with Crippen LogP contribution < -0.4 is 0 Å². The SMILES string of the molecule is CCON1C=CC(=O)C(CCC2CCCCC2)(c2ccc(Cl)cc2)C1. The topological polar surface area (TPSA) is 29.5 Å². The van der Waals surface area contributed by atoms with Crippen LogP contribution in [0, 0.1) is 5.92 Å². The summed E-state index contributed by atoms with van der Waals surface area (Å²) in [4.78, 5) is 18.7. The van der Waals surface area contributed by atoms with Gasteiger partial charge in [0.2, 0.25) is 0 Å². The summed E-state index contributed by atoms with van der Waals surface area (Å²) in [5.41, 5.74) is 0.512. The zero-order chi connectivity index (χ0) is 17.7. The second-order valence-electron chi connectivity index (χ2n) is 7.30. The lowest BCUT2D eigenvalue weighted by molar-refractivity contribution is -0.146. The van der Waals surface area contributed by atoms with Crippen LogP contribution in [-0.4, -0.2) is 24.0 Å². The third kappa shape index (κ3) is 4.27. The van der Waals surface area contributed by atoms with E-state index in [4.69, 9.17) is 16.4 Å². The molecule has 0 radical (unpaired) electrons. The zero-order valence-corrected chi connectivity index (χ0v) is 15.8. The number of allylic oxidation sites excluding steroid dienone is 1. The average molecular weight is 362 g/mol. The molecule has 4 heteroatoms. The Morgan fingerprint density at radius 2 is 1.92 bits per heavy atom. The first-order valence-electron chi connectivity index (χ1n) is 9.52. The number of hydrogen-bond donors (Lipinski definition) is 0. The van der Waals surface area contributed by atoms with Crippen LogP contribution >= 0.6 is 11.6 Å². The molecular formula is C21H28ClNO2.